The molecule has 3 N–H and O–H groups in total. The predicted octanol–water partition coefficient (Wildman–Crippen LogP) is 1.75. The fraction of sp³-hybridized carbons (Fsp3) is 1.00. The minimum atomic E-state index is 0.322. The molecule has 0 rings (SSSR count). The van der Waals surface area contributed by atoms with Crippen molar-refractivity contribution in [2.24, 2.45) is 11.1 Å². The van der Waals surface area contributed by atoms with E-state index < -0.39 is 0 Å². The smallest absolute Gasteiger partial charge is 0.0113 e. The van der Waals surface area contributed by atoms with Crippen LogP contribution in [0.25, 0.3) is 0 Å². The van der Waals surface area contributed by atoms with E-state index in [4.69, 9.17) is 5.73 Å². The van der Waals surface area contributed by atoms with Crippen LogP contribution in [0.5, 0.6) is 0 Å². The van der Waals surface area contributed by atoms with E-state index in [0.29, 0.717) is 17.5 Å². The number of hydrogen-bond acceptors (Lipinski definition) is 2. The zero-order chi connectivity index (χ0) is 9.78. The van der Waals surface area contributed by atoms with Crippen LogP contribution < -0.4 is 11.1 Å². The number of nitrogens with two attached hydrogens (primary N) is 1. The van der Waals surface area contributed by atoms with E-state index >= 15 is 0 Å². The fourth-order valence-electron chi connectivity index (χ4n) is 1.44. The average molecular weight is 172 g/mol. The standard InChI is InChI=1S/C10H24N2/c1-8(11)6-7-9(12-5)10(2,3)4/h8-9,12H,6-7,11H2,1-5H3. The lowest BCUT2D eigenvalue weighted by Crippen LogP contribution is -2.38. The maximum absolute atomic E-state index is 5.71. The molecular formula is C10H24N2. The molecule has 2 heteroatoms. The lowest BCUT2D eigenvalue weighted by Gasteiger charge is -2.30. The summed E-state index contributed by atoms with van der Waals surface area (Å²) < 4.78 is 0. The molecule has 0 aromatic heterocycles. The van der Waals surface area contributed by atoms with Gasteiger partial charge in [0.1, 0.15) is 0 Å². The maximum atomic E-state index is 5.71. The Balaban J connectivity index is 3.84. The molecule has 0 radical (unpaired) electrons. The molecule has 12 heavy (non-hydrogen) atoms. The first kappa shape index (κ1) is 11.9. The third kappa shape index (κ3) is 4.73. The van der Waals surface area contributed by atoms with Crippen LogP contribution in [-0.2, 0) is 0 Å². The van der Waals surface area contributed by atoms with Crippen molar-refractivity contribution in [1.82, 2.24) is 5.32 Å². The third-order valence-corrected chi connectivity index (χ3v) is 2.30. The average Bonchev–Trinajstić information content (AvgIpc) is 1.85. The first-order valence-electron chi connectivity index (χ1n) is 4.80. The van der Waals surface area contributed by atoms with E-state index in [9.17, 15) is 0 Å². The molecule has 74 valence electrons. The van der Waals surface area contributed by atoms with Crippen LogP contribution >= 0.6 is 0 Å². The number of hydrogen-bond donors (Lipinski definition) is 2. The Bertz CT molecular complexity index is 113. The molecule has 2 atom stereocenters. The van der Waals surface area contributed by atoms with Crippen molar-refractivity contribution in [3.05, 3.63) is 0 Å². The van der Waals surface area contributed by atoms with Gasteiger partial charge in [0, 0.05) is 12.1 Å². The van der Waals surface area contributed by atoms with E-state index in [0.717, 1.165) is 12.8 Å². The minimum absolute atomic E-state index is 0.322. The van der Waals surface area contributed by atoms with Gasteiger partial charge in [0.25, 0.3) is 0 Å². The molecule has 0 aromatic rings. The van der Waals surface area contributed by atoms with E-state index in [1.54, 1.807) is 0 Å². The van der Waals surface area contributed by atoms with Crippen molar-refractivity contribution in [1.29, 1.82) is 0 Å². The first-order chi connectivity index (χ1) is 5.38. The zero-order valence-electron chi connectivity index (χ0n) is 9.15. The predicted molar refractivity (Wildman–Crippen MR) is 55.2 cm³/mol. The van der Waals surface area contributed by atoms with Gasteiger partial charge in [-0.05, 0) is 32.2 Å². The van der Waals surface area contributed by atoms with Crippen LogP contribution in [0.3, 0.4) is 0 Å². The van der Waals surface area contributed by atoms with Gasteiger partial charge in [0.05, 0.1) is 0 Å². The van der Waals surface area contributed by atoms with Gasteiger partial charge in [-0.2, -0.15) is 0 Å². The van der Waals surface area contributed by atoms with Crippen molar-refractivity contribution >= 4 is 0 Å². The first-order valence-corrected chi connectivity index (χ1v) is 4.80. The molecule has 2 unspecified atom stereocenters. The molecule has 0 saturated carbocycles. The summed E-state index contributed by atoms with van der Waals surface area (Å²) in [5.74, 6) is 0. The largest absolute Gasteiger partial charge is 0.328 e. The van der Waals surface area contributed by atoms with E-state index in [1.165, 1.54) is 0 Å². The summed E-state index contributed by atoms with van der Waals surface area (Å²) in [5.41, 5.74) is 6.05. The third-order valence-electron chi connectivity index (χ3n) is 2.30. The van der Waals surface area contributed by atoms with Crippen molar-refractivity contribution in [2.45, 2.75) is 52.6 Å². The summed E-state index contributed by atoms with van der Waals surface area (Å²) in [7, 11) is 2.02. The van der Waals surface area contributed by atoms with Crippen LogP contribution in [-0.4, -0.2) is 19.1 Å². The molecule has 0 spiro atoms. The highest BCUT2D eigenvalue weighted by atomic mass is 14.9. The van der Waals surface area contributed by atoms with Gasteiger partial charge in [-0.1, -0.05) is 20.8 Å². The lowest BCUT2D eigenvalue weighted by molar-refractivity contribution is 0.260. The minimum Gasteiger partial charge on any atom is -0.328 e. The second kappa shape index (κ2) is 4.83. The normalized spacial score (nSPS) is 17.5. The van der Waals surface area contributed by atoms with Gasteiger partial charge >= 0.3 is 0 Å². The van der Waals surface area contributed by atoms with Gasteiger partial charge in [-0.3, -0.25) is 0 Å². The molecule has 0 fully saturated rings. The Hall–Kier alpha value is -0.0800. The molecule has 0 bridgehead atoms. The molecule has 0 aliphatic rings. The quantitative estimate of drug-likeness (QED) is 0.678. The van der Waals surface area contributed by atoms with Crippen LogP contribution in [0.2, 0.25) is 0 Å². The highest BCUT2D eigenvalue weighted by Gasteiger charge is 2.22. The molecule has 2 nitrogen and oxygen atoms in total. The highest BCUT2D eigenvalue weighted by molar-refractivity contribution is 4.79. The summed E-state index contributed by atoms with van der Waals surface area (Å²) in [4.78, 5) is 0. The second-order valence-corrected chi connectivity index (χ2v) is 4.76. The molecule has 0 heterocycles. The van der Waals surface area contributed by atoms with E-state index in [1.807, 2.05) is 7.05 Å². The van der Waals surface area contributed by atoms with Crippen molar-refractivity contribution in [3.63, 3.8) is 0 Å². The second-order valence-electron chi connectivity index (χ2n) is 4.76. The van der Waals surface area contributed by atoms with E-state index in [-0.39, 0.29) is 0 Å². The zero-order valence-corrected chi connectivity index (χ0v) is 9.15. The van der Waals surface area contributed by atoms with Gasteiger partial charge < -0.3 is 11.1 Å². The molecule has 0 aliphatic heterocycles. The lowest BCUT2D eigenvalue weighted by atomic mass is 9.83. The molecular weight excluding hydrogens is 148 g/mol. The van der Waals surface area contributed by atoms with Crippen molar-refractivity contribution in [3.8, 4) is 0 Å². The van der Waals surface area contributed by atoms with Crippen LogP contribution in [0.4, 0.5) is 0 Å². The molecule has 0 aromatic carbocycles. The molecule has 0 amide bonds. The van der Waals surface area contributed by atoms with Gasteiger partial charge in [-0.25, -0.2) is 0 Å². The summed E-state index contributed by atoms with van der Waals surface area (Å²) in [6.07, 6.45) is 2.26. The molecule has 0 aliphatic carbocycles. The Labute approximate surface area is 76.9 Å². The summed E-state index contributed by atoms with van der Waals surface area (Å²) >= 11 is 0. The fourth-order valence-corrected chi connectivity index (χ4v) is 1.44. The van der Waals surface area contributed by atoms with Crippen LogP contribution in [0.1, 0.15) is 40.5 Å². The van der Waals surface area contributed by atoms with Crippen molar-refractivity contribution < 1.29 is 0 Å². The van der Waals surface area contributed by atoms with Gasteiger partial charge in [0.2, 0.25) is 0 Å². The SMILES string of the molecule is CNC(CCC(C)N)C(C)(C)C. The maximum Gasteiger partial charge on any atom is 0.0113 e. The summed E-state index contributed by atoms with van der Waals surface area (Å²) in [6.45, 7) is 8.84. The summed E-state index contributed by atoms with van der Waals surface area (Å²) in [5, 5.41) is 3.34. The Morgan fingerprint density at radius 2 is 1.75 bits per heavy atom. The van der Waals surface area contributed by atoms with Crippen LogP contribution in [0.15, 0.2) is 0 Å². The number of nitrogens with one attached hydrogen (secondary N) is 1. The monoisotopic (exact) mass is 172 g/mol. The van der Waals surface area contributed by atoms with Crippen molar-refractivity contribution in [2.75, 3.05) is 7.05 Å². The van der Waals surface area contributed by atoms with Crippen LogP contribution in [0, 0.1) is 5.41 Å². The Morgan fingerprint density at radius 3 is 2.00 bits per heavy atom. The topological polar surface area (TPSA) is 38.0 Å². The highest BCUT2D eigenvalue weighted by Crippen LogP contribution is 2.22. The molecule has 0 saturated heterocycles. The Morgan fingerprint density at radius 1 is 1.25 bits per heavy atom. The van der Waals surface area contributed by atoms with E-state index in [2.05, 4.69) is 33.0 Å². The van der Waals surface area contributed by atoms with Gasteiger partial charge in [0.15, 0.2) is 0 Å². The van der Waals surface area contributed by atoms with Gasteiger partial charge in [-0.15, -0.1) is 0 Å². The Kier molecular flexibility index (Phi) is 4.80. The summed E-state index contributed by atoms with van der Waals surface area (Å²) in [6, 6.07) is 0.895. The number of rotatable bonds is 4.